The average molecular weight is 1030 g/mol. The van der Waals surface area contributed by atoms with Crippen LogP contribution < -0.4 is 0 Å². The van der Waals surface area contributed by atoms with Gasteiger partial charge < -0.3 is 43.2 Å². The van der Waals surface area contributed by atoms with Crippen molar-refractivity contribution in [1.29, 1.82) is 0 Å². The lowest BCUT2D eigenvalue weighted by molar-refractivity contribution is -0.265. The number of carbonyl (C=O) groups is 5. The molecule has 2 bridgehead atoms. The van der Waals surface area contributed by atoms with E-state index in [-0.39, 0.29) is 60.2 Å². The van der Waals surface area contributed by atoms with E-state index in [2.05, 4.69) is 33.9 Å². The van der Waals surface area contributed by atoms with E-state index in [0.717, 1.165) is 24.8 Å². The van der Waals surface area contributed by atoms with Crippen LogP contribution in [0, 0.1) is 35.5 Å². The van der Waals surface area contributed by atoms with Crippen LogP contribution in [0.5, 0.6) is 0 Å². The molecule has 0 aromatic rings. The van der Waals surface area contributed by atoms with Gasteiger partial charge >= 0.3 is 11.9 Å². The average Bonchev–Trinajstić information content (AvgIpc) is 3.32. The molecule has 408 valence electrons. The van der Waals surface area contributed by atoms with E-state index in [1.165, 1.54) is 4.90 Å². The zero-order valence-electron chi connectivity index (χ0n) is 46.6. The third-order valence-corrected chi connectivity index (χ3v) is 21.1. The molecule has 0 radical (unpaired) electrons. The number of nitrogens with zero attached hydrogens (tertiary/aromatic N) is 1. The molecule has 0 aromatic heterocycles. The molecule has 1 amide bonds. The molecule has 72 heavy (non-hydrogen) atoms. The second-order valence-electron chi connectivity index (χ2n) is 23.5. The number of amides is 1. The number of esters is 2. The molecular weight excluding hydrogens is 935 g/mol. The fourth-order valence-electron chi connectivity index (χ4n) is 10.6. The predicted octanol–water partition coefficient (Wildman–Crippen LogP) is 9.56. The number of rotatable bonds is 7. The number of ether oxygens (including phenoxy) is 5. The molecule has 0 spiro atoms. The number of allylic oxidation sites excluding steroid dienone is 6. The van der Waals surface area contributed by atoms with Crippen molar-refractivity contribution < 1.29 is 62.3 Å². The van der Waals surface area contributed by atoms with Crippen molar-refractivity contribution in [1.82, 2.24) is 4.90 Å². The van der Waals surface area contributed by atoms with Crippen molar-refractivity contribution in [2.45, 2.75) is 226 Å². The zero-order valence-corrected chi connectivity index (χ0v) is 47.6. The van der Waals surface area contributed by atoms with Gasteiger partial charge in [0.2, 0.25) is 5.79 Å². The van der Waals surface area contributed by atoms with E-state index >= 15 is 0 Å². The van der Waals surface area contributed by atoms with Gasteiger partial charge in [0.15, 0.2) is 8.32 Å². The van der Waals surface area contributed by atoms with Crippen molar-refractivity contribution in [2.75, 3.05) is 20.8 Å². The number of Topliss-reactive ketones (excluding diaryl/α,β-unsaturated/α-hetero) is 2. The topological polar surface area (TPSA) is 184 Å². The molecule has 1 aliphatic carbocycles. The summed E-state index contributed by atoms with van der Waals surface area (Å²) < 4.78 is 37.1. The summed E-state index contributed by atoms with van der Waals surface area (Å²) in [5, 5.41) is 23.4. The Kier molecular flexibility index (Phi) is 22.9. The second-order valence-corrected chi connectivity index (χ2v) is 28.3. The fraction of sp³-hybridized carbons (Fsp3) is 0.772. The quantitative estimate of drug-likeness (QED) is 0.106. The number of hydrogen-bond donors (Lipinski definition) is 2. The van der Waals surface area contributed by atoms with Gasteiger partial charge in [-0.15, -0.1) is 0 Å². The molecule has 14 nitrogen and oxygen atoms in total. The minimum atomic E-state index is -2.43. The van der Waals surface area contributed by atoms with Crippen LogP contribution in [0.15, 0.2) is 47.6 Å². The molecule has 2 N–H and O–H groups in total. The van der Waals surface area contributed by atoms with Crippen LogP contribution in [0.1, 0.15) is 153 Å². The molecule has 4 aliphatic rings. The molecule has 2 saturated heterocycles. The van der Waals surface area contributed by atoms with Gasteiger partial charge in [0, 0.05) is 45.4 Å². The van der Waals surface area contributed by atoms with Crippen LogP contribution in [0.3, 0.4) is 0 Å². The summed E-state index contributed by atoms with van der Waals surface area (Å²) in [5.41, 5.74) is 1.35. The first-order valence-corrected chi connectivity index (χ1v) is 29.8. The van der Waals surface area contributed by atoms with Gasteiger partial charge in [-0.3, -0.25) is 19.2 Å². The third-order valence-electron chi connectivity index (χ3n) is 16.5. The molecule has 0 aromatic carbocycles. The first-order chi connectivity index (χ1) is 33.6. The molecule has 3 heterocycles. The molecular formula is C57H93NO13Si. The largest absolute Gasteiger partial charge is 0.460 e. The first-order valence-electron chi connectivity index (χ1n) is 26.9. The Morgan fingerprint density at radius 1 is 0.833 bits per heavy atom. The Morgan fingerprint density at radius 2 is 1.53 bits per heavy atom. The normalized spacial score (nSPS) is 38.2. The Balaban J connectivity index is 1.68. The number of aliphatic hydroxyl groups is 2. The summed E-state index contributed by atoms with van der Waals surface area (Å²) in [7, 11) is 1.22. The molecule has 0 unspecified atom stereocenters. The SMILES string of the molecule is CO[C@@H]1C[C@@H]2CC[C@@H](C)[C@@](O)(O2)C(=O)C(=O)N2CCCC[C@H]2C(=O)O[C@H]([C@H](C)C[C@@H]2CC[C@@H](O[Si](C)(C)C(C)(C)C)[C@H](OC)C2)CC(=O)[C@H](C)/C=C(\C)[C@@H](O)[C@H](C)OC(=O)[C@H](C)C[C@H](C)/C=C/C=C/C=C/1C. The molecule has 3 aliphatic heterocycles. The lowest BCUT2D eigenvalue weighted by Gasteiger charge is -2.44. The molecule has 15 atom stereocenters. The number of aliphatic hydroxyl groups excluding tert-OH is 1. The van der Waals surface area contributed by atoms with E-state index in [1.54, 1.807) is 54.9 Å². The van der Waals surface area contributed by atoms with Gasteiger partial charge in [-0.25, -0.2) is 4.79 Å². The van der Waals surface area contributed by atoms with Gasteiger partial charge in [-0.1, -0.05) is 91.8 Å². The zero-order chi connectivity index (χ0) is 53.9. The number of ketones is 2. The van der Waals surface area contributed by atoms with Crippen LogP contribution in [-0.2, 0) is 52.1 Å². The predicted molar refractivity (Wildman–Crippen MR) is 281 cm³/mol. The van der Waals surface area contributed by atoms with E-state index < -0.39 is 92.0 Å². The maximum Gasteiger partial charge on any atom is 0.329 e. The van der Waals surface area contributed by atoms with Crippen LogP contribution >= 0.6 is 0 Å². The van der Waals surface area contributed by atoms with Crippen molar-refractivity contribution in [2.24, 2.45) is 35.5 Å². The van der Waals surface area contributed by atoms with Crippen molar-refractivity contribution in [3.8, 4) is 0 Å². The minimum absolute atomic E-state index is 0.0353. The summed E-state index contributed by atoms with van der Waals surface area (Å²) in [6.45, 7) is 25.7. The van der Waals surface area contributed by atoms with Gasteiger partial charge in [0.1, 0.15) is 30.1 Å². The van der Waals surface area contributed by atoms with E-state index in [1.807, 2.05) is 51.2 Å². The molecule has 1 saturated carbocycles. The van der Waals surface area contributed by atoms with E-state index in [0.29, 0.717) is 50.5 Å². The number of carbonyl (C=O) groups excluding carboxylic acids is 5. The number of cyclic esters (lactones) is 2. The highest BCUT2D eigenvalue weighted by molar-refractivity contribution is 6.74. The van der Waals surface area contributed by atoms with Crippen LogP contribution in [-0.4, -0.2) is 128 Å². The Morgan fingerprint density at radius 3 is 2.18 bits per heavy atom. The highest BCUT2D eigenvalue weighted by Crippen LogP contribution is 2.42. The lowest BCUT2D eigenvalue weighted by atomic mass is 9.78. The number of fused-ring (bicyclic) bond motifs is 3. The number of piperidine rings is 1. The molecule has 4 rings (SSSR count). The van der Waals surface area contributed by atoms with E-state index in [9.17, 15) is 34.2 Å². The van der Waals surface area contributed by atoms with Crippen LogP contribution in [0.2, 0.25) is 18.1 Å². The van der Waals surface area contributed by atoms with Crippen molar-refractivity contribution >= 4 is 37.7 Å². The first kappa shape index (κ1) is 61.2. The standard InChI is InChI=1S/C57H93NO13Si/c1-35-21-17-16-18-22-36(2)48(66-12)33-44-26-24-41(7)57(65,70-44)52(61)53(62)58-28-20-19-23-45(58)55(64)69-49(34-46(59)37(3)30-39(5)51(60)42(8)68-54(63)40(6)29-35)38(4)31-43-25-27-47(50(32-43)67-13)71-72(14,15)56(9,10)11/h16-18,21-22,30,35,37-38,40-45,47-51,60,65H,19-20,23-29,31-34H2,1-15H3/b18-16+,21-17+,36-22+,39-30+/t35-,37-,38-,40-,41-,42+,43+,44+,45+,47-,48-,49+,50-,51-,57-/m1/s1. The maximum atomic E-state index is 14.6. The molecule has 15 heteroatoms. The number of hydrogen-bond acceptors (Lipinski definition) is 13. The van der Waals surface area contributed by atoms with Crippen molar-refractivity contribution in [3.05, 3.63) is 47.6 Å². The van der Waals surface area contributed by atoms with Gasteiger partial charge in [0.05, 0.1) is 30.3 Å². The Hall–Kier alpha value is -3.31. The third kappa shape index (κ3) is 16.3. The Bertz CT molecular complexity index is 1970. The summed E-state index contributed by atoms with van der Waals surface area (Å²) >= 11 is 0. The summed E-state index contributed by atoms with van der Waals surface area (Å²) in [5.74, 6) is -7.86. The van der Waals surface area contributed by atoms with E-state index in [4.69, 9.17) is 28.1 Å². The monoisotopic (exact) mass is 1030 g/mol. The van der Waals surface area contributed by atoms with Crippen molar-refractivity contribution in [3.63, 3.8) is 0 Å². The summed E-state index contributed by atoms with van der Waals surface area (Å²) in [6.07, 6.45) is 13.2. The fourth-order valence-corrected chi connectivity index (χ4v) is 12.0. The summed E-state index contributed by atoms with van der Waals surface area (Å²) in [6, 6.07) is -1.13. The summed E-state index contributed by atoms with van der Waals surface area (Å²) in [4.78, 5) is 72.0. The molecule has 3 fully saturated rings. The Labute approximate surface area is 433 Å². The lowest BCUT2D eigenvalue weighted by Crippen LogP contribution is -2.61. The minimum Gasteiger partial charge on any atom is -0.460 e. The van der Waals surface area contributed by atoms with Gasteiger partial charge in [-0.05, 0) is 132 Å². The highest BCUT2D eigenvalue weighted by atomic mass is 28.4. The highest BCUT2D eigenvalue weighted by Gasteiger charge is 2.53. The maximum absolute atomic E-state index is 14.6. The second kappa shape index (κ2) is 26.9. The smallest absolute Gasteiger partial charge is 0.329 e. The number of methoxy groups -OCH3 is 2. The van der Waals surface area contributed by atoms with Crippen LogP contribution in [0.4, 0.5) is 0 Å². The van der Waals surface area contributed by atoms with Gasteiger partial charge in [0.25, 0.3) is 11.7 Å². The van der Waals surface area contributed by atoms with Crippen LogP contribution in [0.25, 0.3) is 0 Å². The van der Waals surface area contributed by atoms with Gasteiger partial charge in [-0.2, -0.15) is 0 Å².